The molecule has 0 aromatic rings. The van der Waals surface area contributed by atoms with Gasteiger partial charge in [-0.05, 0) is 6.92 Å². The smallest absolute Gasteiger partial charge is 0.225 e. The Morgan fingerprint density at radius 2 is 2.60 bits per heavy atom. The van der Waals surface area contributed by atoms with Crippen LogP contribution in [-0.4, -0.2) is 19.0 Å². The van der Waals surface area contributed by atoms with Gasteiger partial charge in [0.15, 0.2) is 0 Å². The van der Waals surface area contributed by atoms with E-state index < -0.39 is 0 Å². The SMILES string of the molecule is CC1=CCNCC1C(N)=O. The van der Waals surface area contributed by atoms with Crippen LogP contribution in [0.4, 0.5) is 0 Å². The van der Waals surface area contributed by atoms with Gasteiger partial charge in [-0.15, -0.1) is 0 Å². The van der Waals surface area contributed by atoms with E-state index in [-0.39, 0.29) is 11.8 Å². The molecule has 0 aromatic carbocycles. The minimum absolute atomic E-state index is 0.0891. The van der Waals surface area contributed by atoms with Crippen molar-refractivity contribution in [3.63, 3.8) is 0 Å². The van der Waals surface area contributed by atoms with Crippen LogP contribution in [0, 0.1) is 5.92 Å². The molecule has 0 bridgehead atoms. The monoisotopic (exact) mass is 140 g/mol. The van der Waals surface area contributed by atoms with E-state index in [1.807, 2.05) is 13.0 Å². The summed E-state index contributed by atoms with van der Waals surface area (Å²) in [6.07, 6.45) is 2.00. The number of hydrogen-bond donors (Lipinski definition) is 2. The number of amides is 1. The summed E-state index contributed by atoms with van der Waals surface area (Å²) in [6.45, 7) is 3.49. The lowest BCUT2D eigenvalue weighted by Crippen LogP contribution is -2.37. The largest absolute Gasteiger partial charge is 0.369 e. The molecule has 0 saturated carbocycles. The first-order chi connectivity index (χ1) is 4.72. The van der Waals surface area contributed by atoms with Crippen molar-refractivity contribution in [3.8, 4) is 0 Å². The summed E-state index contributed by atoms with van der Waals surface area (Å²) >= 11 is 0. The van der Waals surface area contributed by atoms with Crippen molar-refractivity contribution in [1.29, 1.82) is 0 Å². The van der Waals surface area contributed by atoms with Crippen LogP contribution in [0.25, 0.3) is 0 Å². The summed E-state index contributed by atoms with van der Waals surface area (Å²) in [5.41, 5.74) is 6.23. The first-order valence-electron chi connectivity index (χ1n) is 3.38. The van der Waals surface area contributed by atoms with E-state index in [4.69, 9.17) is 5.73 Å². The molecule has 1 amide bonds. The summed E-state index contributed by atoms with van der Waals surface area (Å²) in [7, 11) is 0. The summed E-state index contributed by atoms with van der Waals surface area (Å²) in [5, 5.41) is 3.07. The molecule has 3 heteroatoms. The Morgan fingerprint density at radius 3 is 3.00 bits per heavy atom. The van der Waals surface area contributed by atoms with Gasteiger partial charge in [0.1, 0.15) is 0 Å². The molecule has 1 atom stereocenters. The molecule has 0 saturated heterocycles. The second-order valence-corrected chi connectivity index (χ2v) is 2.56. The van der Waals surface area contributed by atoms with E-state index >= 15 is 0 Å². The molecule has 1 unspecified atom stereocenters. The number of primary amides is 1. The van der Waals surface area contributed by atoms with Gasteiger partial charge in [0.25, 0.3) is 0 Å². The van der Waals surface area contributed by atoms with Gasteiger partial charge in [0.05, 0.1) is 5.92 Å². The normalized spacial score (nSPS) is 25.7. The minimum atomic E-state index is -0.235. The summed E-state index contributed by atoms with van der Waals surface area (Å²) in [5.74, 6) is -0.324. The van der Waals surface area contributed by atoms with Crippen molar-refractivity contribution >= 4 is 5.91 Å². The maximum Gasteiger partial charge on any atom is 0.225 e. The van der Waals surface area contributed by atoms with E-state index in [9.17, 15) is 4.79 Å². The highest BCUT2D eigenvalue weighted by Gasteiger charge is 2.18. The molecule has 0 aromatic heterocycles. The Labute approximate surface area is 60.3 Å². The Kier molecular flexibility index (Phi) is 2.06. The molecular weight excluding hydrogens is 128 g/mol. The summed E-state index contributed by atoms with van der Waals surface area (Å²) < 4.78 is 0. The van der Waals surface area contributed by atoms with Crippen LogP contribution in [0.2, 0.25) is 0 Å². The van der Waals surface area contributed by atoms with Crippen LogP contribution in [0.5, 0.6) is 0 Å². The van der Waals surface area contributed by atoms with Crippen LogP contribution < -0.4 is 11.1 Å². The molecule has 0 fully saturated rings. The zero-order chi connectivity index (χ0) is 7.56. The molecule has 0 radical (unpaired) electrons. The quantitative estimate of drug-likeness (QED) is 0.488. The van der Waals surface area contributed by atoms with E-state index in [0.29, 0.717) is 6.54 Å². The fourth-order valence-electron chi connectivity index (χ4n) is 1.09. The molecule has 3 N–H and O–H groups in total. The Morgan fingerprint density at radius 1 is 1.90 bits per heavy atom. The van der Waals surface area contributed by atoms with Crippen molar-refractivity contribution in [2.75, 3.05) is 13.1 Å². The predicted octanol–water partition coefficient (Wildman–Crippen LogP) is -0.363. The lowest BCUT2D eigenvalue weighted by atomic mass is 9.97. The predicted molar refractivity (Wildman–Crippen MR) is 39.3 cm³/mol. The number of nitrogens with one attached hydrogen (secondary N) is 1. The van der Waals surface area contributed by atoms with E-state index in [1.165, 1.54) is 0 Å². The maximum atomic E-state index is 10.7. The van der Waals surface area contributed by atoms with Gasteiger partial charge >= 0.3 is 0 Å². The number of carbonyl (C=O) groups is 1. The second-order valence-electron chi connectivity index (χ2n) is 2.56. The zero-order valence-electron chi connectivity index (χ0n) is 6.05. The van der Waals surface area contributed by atoms with Crippen molar-refractivity contribution in [3.05, 3.63) is 11.6 Å². The van der Waals surface area contributed by atoms with Crippen LogP contribution in [0.3, 0.4) is 0 Å². The van der Waals surface area contributed by atoms with E-state index in [0.717, 1.165) is 12.1 Å². The molecule has 10 heavy (non-hydrogen) atoms. The van der Waals surface area contributed by atoms with Crippen LogP contribution in [0.1, 0.15) is 6.92 Å². The maximum absolute atomic E-state index is 10.7. The Hall–Kier alpha value is -0.830. The average Bonchev–Trinajstić information content (AvgIpc) is 1.88. The van der Waals surface area contributed by atoms with Gasteiger partial charge in [-0.3, -0.25) is 4.79 Å². The fourth-order valence-corrected chi connectivity index (χ4v) is 1.09. The van der Waals surface area contributed by atoms with Gasteiger partial charge in [-0.2, -0.15) is 0 Å². The standard InChI is InChI=1S/C7H12N2O/c1-5-2-3-9-4-6(5)7(8)10/h2,6,9H,3-4H2,1H3,(H2,8,10). The Balaban J connectivity index is 2.67. The zero-order valence-corrected chi connectivity index (χ0v) is 6.05. The van der Waals surface area contributed by atoms with Crippen LogP contribution in [-0.2, 0) is 4.79 Å². The molecule has 3 nitrogen and oxygen atoms in total. The first kappa shape index (κ1) is 7.28. The summed E-state index contributed by atoms with van der Waals surface area (Å²) in [4.78, 5) is 10.7. The lowest BCUT2D eigenvalue weighted by molar-refractivity contribution is -0.120. The molecule has 1 aliphatic heterocycles. The second kappa shape index (κ2) is 2.84. The molecule has 56 valence electrons. The van der Waals surface area contributed by atoms with Crippen molar-refractivity contribution in [2.45, 2.75) is 6.92 Å². The third-order valence-electron chi connectivity index (χ3n) is 1.81. The topological polar surface area (TPSA) is 55.1 Å². The molecule has 1 rings (SSSR count). The van der Waals surface area contributed by atoms with E-state index in [1.54, 1.807) is 0 Å². The molecule has 1 heterocycles. The molecular formula is C7H12N2O. The van der Waals surface area contributed by atoms with Crippen molar-refractivity contribution in [1.82, 2.24) is 5.32 Å². The van der Waals surface area contributed by atoms with Crippen molar-refractivity contribution in [2.24, 2.45) is 11.7 Å². The number of nitrogens with two attached hydrogens (primary N) is 1. The third kappa shape index (κ3) is 1.36. The van der Waals surface area contributed by atoms with Crippen LogP contribution >= 0.6 is 0 Å². The molecule has 0 spiro atoms. The number of carbonyl (C=O) groups excluding carboxylic acids is 1. The highest BCUT2D eigenvalue weighted by atomic mass is 16.1. The van der Waals surface area contributed by atoms with E-state index in [2.05, 4.69) is 5.32 Å². The minimum Gasteiger partial charge on any atom is -0.369 e. The summed E-state index contributed by atoms with van der Waals surface area (Å²) in [6, 6.07) is 0. The molecule has 0 aliphatic carbocycles. The van der Waals surface area contributed by atoms with Gasteiger partial charge in [0.2, 0.25) is 5.91 Å². The van der Waals surface area contributed by atoms with Crippen LogP contribution in [0.15, 0.2) is 11.6 Å². The molecule has 1 aliphatic rings. The average molecular weight is 140 g/mol. The Bertz CT molecular complexity index is 174. The number of hydrogen-bond acceptors (Lipinski definition) is 2. The number of rotatable bonds is 1. The lowest BCUT2D eigenvalue weighted by Gasteiger charge is -2.19. The van der Waals surface area contributed by atoms with Gasteiger partial charge in [-0.25, -0.2) is 0 Å². The fraction of sp³-hybridized carbons (Fsp3) is 0.571. The van der Waals surface area contributed by atoms with Gasteiger partial charge < -0.3 is 11.1 Å². The first-order valence-corrected chi connectivity index (χ1v) is 3.38. The third-order valence-corrected chi connectivity index (χ3v) is 1.81. The van der Waals surface area contributed by atoms with Gasteiger partial charge in [0, 0.05) is 13.1 Å². The van der Waals surface area contributed by atoms with Crippen molar-refractivity contribution < 1.29 is 4.79 Å². The highest BCUT2D eigenvalue weighted by molar-refractivity contribution is 5.80. The van der Waals surface area contributed by atoms with Gasteiger partial charge in [-0.1, -0.05) is 11.6 Å². The highest BCUT2D eigenvalue weighted by Crippen LogP contribution is 2.10.